The lowest BCUT2D eigenvalue weighted by Gasteiger charge is -2.40. The van der Waals surface area contributed by atoms with Crippen molar-refractivity contribution in [2.75, 3.05) is 33.9 Å². The molecule has 1 heterocycles. The largest absolute Gasteiger partial charge is 0.497 e. The van der Waals surface area contributed by atoms with Crippen molar-refractivity contribution in [1.82, 2.24) is 14.5 Å². The summed E-state index contributed by atoms with van der Waals surface area (Å²) in [6.45, 7) is 6.12. The van der Waals surface area contributed by atoms with Gasteiger partial charge in [0.25, 0.3) is 0 Å². The quantitative estimate of drug-likeness (QED) is 0.424. The van der Waals surface area contributed by atoms with Crippen molar-refractivity contribution in [1.29, 1.82) is 0 Å². The number of aromatic nitrogens is 2. The molecule has 0 aliphatic carbocycles. The Morgan fingerprint density at radius 3 is 2.47 bits per heavy atom. The van der Waals surface area contributed by atoms with Crippen molar-refractivity contribution in [3.05, 3.63) is 72.2 Å². The van der Waals surface area contributed by atoms with Gasteiger partial charge in [-0.05, 0) is 23.1 Å². The fourth-order valence-corrected chi connectivity index (χ4v) is 4.32. The standard InChI is InChI=1S/C28H37FN4O3/c1-28(2,3)26(33(17-22(29)15-30)25(34)19-35-4)27-31-24(21-12-9-13-23(14-21)36-5)18-32(27)16-20-10-7-6-8-11-20/h6-14,18,22,26H,15-17,19,30H2,1-5H3/t22-,26+/m1/s1. The second-order valence-corrected chi connectivity index (χ2v) is 9.91. The number of benzene rings is 2. The predicted octanol–water partition coefficient (Wildman–Crippen LogP) is 4.47. The molecule has 0 aliphatic rings. The average Bonchev–Trinajstić information content (AvgIpc) is 3.26. The van der Waals surface area contributed by atoms with Gasteiger partial charge in [0.15, 0.2) is 0 Å². The molecule has 0 radical (unpaired) electrons. The van der Waals surface area contributed by atoms with Gasteiger partial charge >= 0.3 is 0 Å². The number of imidazole rings is 1. The van der Waals surface area contributed by atoms with E-state index >= 15 is 0 Å². The third kappa shape index (κ3) is 6.71. The Bertz CT molecular complexity index is 1130. The fraction of sp³-hybridized carbons (Fsp3) is 0.429. The van der Waals surface area contributed by atoms with Gasteiger partial charge in [0.1, 0.15) is 24.4 Å². The lowest BCUT2D eigenvalue weighted by Crippen LogP contribution is -2.47. The summed E-state index contributed by atoms with van der Waals surface area (Å²) in [7, 11) is 3.08. The molecule has 1 amide bonds. The number of hydrogen-bond acceptors (Lipinski definition) is 5. The zero-order chi connectivity index (χ0) is 26.3. The molecule has 3 aromatic rings. The number of hydrogen-bond donors (Lipinski definition) is 1. The first-order valence-corrected chi connectivity index (χ1v) is 12.1. The van der Waals surface area contributed by atoms with Crippen LogP contribution in [0.1, 0.15) is 38.2 Å². The molecule has 2 atom stereocenters. The average molecular weight is 497 g/mol. The molecule has 0 aliphatic heterocycles. The van der Waals surface area contributed by atoms with E-state index in [1.807, 2.05) is 86.1 Å². The summed E-state index contributed by atoms with van der Waals surface area (Å²) in [5.74, 6) is 1.07. The second-order valence-electron chi connectivity index (χ2n) is 9.91. The summed E-state index contributed by atoms with van der Waals surface area (Å²) in [4.78, 5) is 19.8. The second kappa shape index (κ2) is 12.1. The molecule has 7 nitrogen and oxygen atoms in total. The number of methoxy groups -OCH3 is 2. The molecule has 8 heteroatoms. The van der Waals surface area contributed by atoms with Crippen molar-refractivity contribution >= 4 is 5.91 Å². The molecule has 0 unspecified atom stereocenters. The highest BCUT2D eigenvalue weighted by atomic mass is 19.1. The van der Waals surface area contributed by atoms with E-state index in [0.717, 1.165) is 22.6 Å². The number of nitrogens with two attached hydrogens (primary N) is 1. The lowest BCUT2D eigenvalue weighted by molar-refractivity contribution is -0.141. The summed E-state index contributed by atoms with van der Waals surface area (Å²) in [6.07, 6.45) is 0.607. The van der Waals surface area contributed by atoms with Crippen molar-refractivity contribution < 1.29 is 18.7 Å². The Hall–Kier alpha value is -3.23. The van der Waals surface area contributed by atoms with Crippen LogP contribution < -0.4 is 10.5 Å². The third-order valence-electron chi connectivity index (χ3n) is 5.98. The van der Waals surface area contributed by atoms with Crippen LogP contribution in [0.2, 0.25) is 0 Å². The number of nitrogens with zero attached hydrogens (tertiary/aromatic N) is 3. The highest BCUT2D eigenvalue weighted by Crippen LogP contribution is 2.39. The first kappa shape index (κ1) is 27.4. The van der Waals surface area contributed by atoms with Crippen LogP contribution in [0.5, 0.6) is 5.75 Å². The zero-order valence-corrected chi connectivity index (χ0v) is 21.8. The van der Waals surface area contributed by atoms with Gasteiger partial charge in [0, 0.05) is 32.0 Å². The van der Waals surface area contributed by atoms with Gasteiger partial charge in [-0.2, -0.15) is 0 Å². The molecular formula is C28H37FN4O3. The first-order chi connectivity index (χ1) is 17.2. The summed E-state index contributed by atoms with van der Waals surface area (Å²) in [6, 6.07) is 17.2. The van der Waals surface area contributed by atoms with Crippen LogP contribution in [-0.4, -0.2) is 60.4 Å². The topological polar surface area (TPSA) is 82.6 Å². The molecule has 0 bridgehead atoms. The number of halogens is 1. The van der Waals surface area contributed by atoms with Crippen LogP contribution in [0.3, 0.4) is 0 Å². The first-order valence-electron chi connectivity index (χ1n) is 12.1. The van der Waals surface area contributed by atoms with Gasteiger partial charge in [-0.25, -0.2) is 9.37 Å². The van der Waals surface area contributed by atoms with Crippen molar-refractivity contribution in [3.8, 4) is 17.0 Å². The molecular weight excluding hydrogens is 459 g/mol. The summed E-state index contributed by atoms with van der Waals surface area (Å²) >= 11 is 0. The van der Waals surface area contributed by atoms with Crippen molar-refractivity contribution in [2.24, 2.45) is 11.1 Å². The number of ether oxygens (including phenoxy) is 2. The maximum absolute atomic E-state index is 14.6. The van der Waals surface area contributed by atoms with Crippen LogP contribution in [0.4, 0.5) is 4.39 Å². The van der Waals surface area contributed by atoms with E-state index in [1.54, 1.807) is 7.11 Å². The van der Waals surface area contributed by atoms with Gasteiger partial charge < -0.3 is 24.7 Å². The van der Waals surface area contributed by atoms with Crippen LogP contribution in [0.15, 0.2) is 60.8 Å². The number of carbonyl (C=O) groups excluding carboxylic acids is 1. The molecule has 194 valence electrons. The van der Waals surface area contributed by atoms with Gasteiger partial charge in [0.05, 0.1) is 25.4 Å². The maximum atomic E-state index is 14.6. The molecule has 0 saturated heterocycles. The van der Waals surface area contributed by atoms with Crippen molar-refractivity contribution in [2.45, 2.75) is 39.5 Å². The van der Waals surface area contributed by atoms with Crippen LogP contribution in [0, 0.1) is 5.41 Å². The van der Waals surface area contributed by atoms with Gasteiger partial charge in [0.2, 0.25) is 5.91 Å². The minimum atomic E-state index is -1.37. The SMILES string of the molecule is COCC(=O)N(C[C@H](F)CN)[C@@H](c1nc(-c2cccc(OC)c2)cn1Cc1ccccc1)C(C)(C)C. The highest BCUT2D eigenvalue weighted by molar-refractivity contribution is 5.78. The normalized spacial score (nSPS) is 13.3. The van der Waals surface area contributed by atoms with E-state index in [2.05, 4.69) is 0 Å². The van der Waals surface area contributed by atoms with E-state index in [9.17, 15) is 9.18 Å². The molecule has 1 aromatic heterocycles. The number of rotatable bonds is 11. The Balaban J connectivity index is 2.19. The third-order valence-corrected chi connectivity index (χ3v) is 5.98. The Labute approximate surface area is 213 Å². The Kier molecular flexibility index (Phi) is 9.23. The summed E-state index contributed by atoms with van der Waals surface area (Å²) < 4.78 is 27.2. The van der Waals surface area contributed by atoms with E-state index in [-0.39, 0.29) is 25.6 Å². The van der Waals surface area contributed by atoms with Crippen LogP contribution in [0.25, 0.3) is 11.3 Å². The lowest BCUT2D eigenvalue weighted by atomic mass is 9.84. The Morgan fingerprint density at radius 1 is 1.14 bits per heavy atom. The van der Waals surface area contributed by atoms with E-state index in [1.165, 1.54) is 12.0 Å². The van der Waals surface area contributed by atoms with Gasteiger partial charge in [-0.3, -0.25) is 4.79 Å². The predicted molar refractivity (Wildman–Crippen MR) is 139 cm³/mol. The monoisotopic (exact) mass is 496 g/mol. The van der Waals surface area contributed by atoms with E-state index < -0.39 is 17.6 Å². The summed E-state index contributed by atoms with van der Waals surface area (Å²) in [5.41, 5.74) is 7.84. The Morgan fingerprint density at radius 2 is 1.86 bits per heavy atom. The van der Waals surface area contributed by atoms with E-state index in [4.69, 9.17) is 20.2 Å². The number of carbonyl (C=O) groups is 1. The molecule has 36 heavy (non-hydrogen) atoms. The summed E-state index contributed by atoms with van der Waals surface area (Å²) in [5, 5.41) is 0. The highest BCUT2D eigenvalue weighted by Gasteiger charge is 2.39. The smallest absolute Gasteiger partial charge is 0.249 e. The number of alkyl halides is 1. The molecule has 0 spiro atoms. The van der Waals surface area contributed by atoms with Crippen LogP contribution in [-0.2, 0) is 16.1 Å². The molecule has 0 fully saturated rings. The van der Waals surface area contributed by atoms with Gasteiger partial charge in [-0.1, -0.05) is 63.2 Å². The van der Waals surface area contributed by atoms with Crippen LogP contribution >= 0.6 is 0 Å². The van der Waals surface area contributed by atoms with E-state index in [0.29, 0.717) is 12.4 Å². The van der Waals surface area contributed by atoms with Gasteiger partial charge in [-0.15, -0.1) is 0 Å². The van der Waals surface area contributed by atoms with Crippen molar-refractivity contribution in [3.63, 3.8) is 0 Å². The minimum absolute atomic E-state index is 0.146. The minimum Gasteiger partial charge on any atom is -0.497 e. The zero-order valence-electron chi connectivity index (χ0n) is 21.8. The molecule has 0 saturated carbocycles. The molecule has 3 rings (SSSR count). The fourth-order valence-electron chi connectivity index (χ4n) is 4.32. The maximum Gasteiger partial charge on any atom is 0.249 e. The molecule has 2 aromatic carbocycles. The number of amides is 1. The molecule has 2 N–H and O–H groups in total.